The van der Waals surface area contributed by atoms with Crippen molar-refractivity contribution in [1.82, 2.24) is 0 Å². The van der Waals surface area contributed by atoms with Crippen LogP contribution in [0, 0.1) is 0 Å². The van der Waals surface area contributed by atoms with E-state index in [1.165, 1.54) is 47.4 Å². The average Bonchev–Trinajstić information content (AvgIpc) is 3.04. The lowest BCUT2D eigenvalue weighted by Gasteiger charge is -2.22. The molecule has 1 saturated carbocycles. The largest absolute Gasteiger partial charge is 0.144 e. The molecule has 0 amide bonds. The Bertz CT molecular complexity index is 564. The van der Waals surface area contributed by atoms with Crippen LogP contribution in [0.4, 0.5) is 0 Å². The molecule has 0 bridgehead atoms. The van der Waals surface area contributed by atoms with Gasteiger partial charge >= 0.3 is 0 Å². The minimum atomic E-state index is 0.336. The molecule has 1 atom stereocenters. The van der Waals surface area contributed by atoms with Crippen LogP contribution in [0.1, 0.15) is 70.7 Å². The predicted molar refractivity (Wildman–Crippen MR) is 96.7 cm³/mol. The van der Waals surface area contributed by atoms with Crippen LogP contribution >= 0.6 is 27.3 Å². The molecule has 1 aromatic carbocycles. The van der Waals surface area contributed by atoms with Gasteiger partial charge in [0.25, 0.3) is 0 Å². The molecule has 0 radical (unpaired) electrons. The van der Waals surface area contributed by atoms with Gasteiger partial charge in [0.15, 0.2) is 0 Å². The zero-order chi connectivity index (χ0) is 14.7. The summed E-state index contributed by atoms with van der Waals surface area (Å²) in [6.45, 7) is 2.22. The maximum absolute atomic E-state index is 3.87. The highest BCUT2D eigenvalue weighted by molar-refractivity contribution is 9.09. The van der Waals surface area contributed by atoms with Crippen molar-refractivity contribution in [3.63, 3.8) is 0 Å². The van der Waals surface area contributed by atoms with Crippen LogP contribution in [0.3, 0.4) is 0 Å². The van der Waals surface area contributed by atoms with Gasteiger partial charge in [-0.1, -0.05) is 66.4 Å². The second-order valence-corrected chi connectivity index (χ2v) is 8.14. The lowest BCUT2D eigenvalue weighted by molar-refractivity contribution is 0.443. The first-order chi connectivity index (χ1) is 10.3. The summed E-state index contributed by atoms with van der Waals surface area (Å²) in [7, 11) is 0. The highest BCUT2D eigenvalue weighted by Gasteiger charge is 2.17. The van der Waals surface area contributed by atoms with Gasteiger partial charge in [-0.15, -0.1) is 11.3 Å². The van der Waals surface area contributed by atoms with Crippen LogP contribution in [-0.4, -0.2) is 0 Å². The van der Waals surface area contributed by atoms with Crippen molar-refractivity contribution < 1.29 is 0 Å². The van der Waals surface area contributed by atoms with Crippen molar-refractivity contribution in [1.29, 1.82) is 0 Å². The molecule has 0 nitrogen and oxygen atoms in total. The maximum Gasteiger partial charge on any atom is 0.0738 e. The van der Waals surface area contributed by atoms with Gasteiger partial charge < -0.3 is 0 Å². The van der Waals surface area contributed by atoms with Crippen molar-refractivity contribution in [2.75, 3.05) is 0 Å². The standard InChI is InChI=1S/C19H23BrS/c1-2-17-12-13-18(21-17)19(20)16-10-8-15(9-11-16)14-6-4-3-5-7-14/h8-14,19H,2-7H2,1H3. The number of aryl methyl sites for hydroxylation is 1. The fourth-order valence-electron chi connectivity index (χ4n) is 3.26. The normalized spacial score (nSPS) is 17.8. The van der Waals surface area contributed by atoms with Gasteiger partial charge in [0, 0.05) is 9.75 Å². The first-order valence-electron chi connectivity index (χ1n) is 8.10. The number of benzene rings is 1. The second-order valence-electron chi connectivity index (χ2n) is 6.02. The van der Waals surface area contributed by atoms with Gasteiger partial charge in [-0.05, 0) is 48.4 Å². The van der Waals surface area contributed by atoms with Gasteiger partial charge in [-0.2, -0.15) is 0 Å². The molecule has 0 spiro atoms. The van der Waals surface area contributed by atoms with E-state index < -0.39 is 0 Å². The molecule has 1 aliphatic carbocycles. The molecule has 0 saturated heterocycles. The highest BCUT2D eigenvalue weighted by atomic mass is 79.9. The molecule has 1 heterocycles. The number of hydrogen-bond acceptors (Lipinski definition) is 1. The minimum Gasteiger partial charge on any atom is -0.144 e. The summed E-state index contributed by atoms with van der Waals surface area (Å²) in [5, 5.41) is 0. The molecule has 112 valence electrons. The van der Waals surface area contributed by atoms with E-state index in [0.29, 0.717) is 4.83 Å². The van der Waals surface area contributed by atoms with E-state index in [2.05, 4.69) is 59.3 Å². The molecule has 21 heavy (non-hydrogen) atoms. The van der Waals surface area contributed by atoms with Crippen LogP contribution in [0.2, 0.25) is 0 Å². The maximum atomic E-state index is 3.87. The predicted octanol–water partition coefficient (Wildman–Crippen LogP) is 6.84. The molecule has 2 heteroatoms. The van der Waals surface area contributed by atoms with E-state index >= 15 is 0 Å². The number of alkyl halides is 1. The van der Waals surface area contributed by atoms with Crippen LogP contribution in [0.15, 0.2) is 36.4 Å². The smallest absolute Gasteiger partial charge is 0.0738 e. The van der Waals surface area contributed by atoms with Crippen LogP contribution in [0.25, 0.3) is 0 Å². The lowest BCUT2D eigenvalue weighted by atomic mass is 9.84. The zero-order valence-corrected chi connectivity index (χ0v) is 15.1. The van der Waals surface area contributed by atoms with Crippen molar-refractivity contribution >= 4 is 27.3 Å². The monoisotopic (exact) mass is 362 g/mol. The topological polar surface area (TPSA) is 0 Å². The third kappa shape index (κ3) is 3.60. The molecular formula is C19H23BrS. The third-order valence-electron chi connectivity index (χ3n) is 4.59. The van der Waals surface area contributed by atoms with Crippen LogP contribution < -0.4 is 0 Å². The SMILES string of the molecule is CCc1ccc(C(Br)c2ccc(C3CCCCC3)cc2)s1. The number of thiophene rings is 1. The molecule has 0 N–H and O–H groups in total. The molecule has 1 aromatic heterocycles. The Morgan fingerprint density at radius 3 is 2.38 bits per heavy atom. The third-order valence-corrected chi connectivity index (χ3v) is 7.21. The summed E-state index contributed by atoms with van der Waals surface area (Å²) in [5.41, 5.74) is 2.91. The number of hydrogen-bond donors (Lipinski definition) is 0. The Balaban J connectivity index is 1.73. The molecule has 1 aliphatic rings. The Morgan fingerprint density at radius 1 is 1.05 bits per heavy atom. The average molecular weight is 363 g/mol. The summed E-state index contributed by atoms with van der Waals surface area (Å²) in [4.78, 5) is 3.22. The van der Waals surface area contributed by atoms with E-state index in [-0.39, 0.29) is 0 Å². The summed E-state index contributed by atoms with van der Waals surface area (Å²) in [6.07, 6.45) is 8.12. The second kappa shape index (κ2) is 7.11. The van der Waals surface area contributed by atoms with Crippen molar-refractivity contribution in [2.24, 2.45) is 0 Å². The summed E-state index contributed by atoms with van der Waals surface area (Å²) >= 11 is 5.79. The Morgan fingerprint density at radius 2 is 1.76 bits per heavy atom. The van der Waals surface area contributed by atoms with Gasteiger partial charge in [0.2, 0.25) is 0 Å². The first-order valence-corrected chi connectivity index (χ1v) is 9.83. The van der Waals surface area contributed by atoms with Gasteiger partial charge in [0.1, 0.15) is 0 Å². The Hall–Kier alpha value is -0.600. The van der Waals surface area contributed by atoms with Crippen molar-refractivity contribution in [2.45, 2.75) is 56.2 Å². The zero-order valence-electron chi connectivity index (χ0n) is 12.6. The van der Waals surface area contributed by atoms with E-state index in [9.17, 15) is 0 Å². The Labute approximate surface area is 140 Å². The van der Waals surface area contributed by atoms with Crippen LogP contribution in [0.5, 0.6) is 0 Å². The summed E-state index contributed by atoms with van der Waals surface area (Å²) < 4.78 is 0. The minimum absolute atomic E-state index is 0.336. The number of halogens is 1. The van der Waals surface area contributed by atoms with Gasteiger partial charge in [-0.25, -0.2) is 0 Å². The van der Waals surface area contributed by atoms with Crippen molar-refractivity contribution in [3.05, 3.63) is 57.3 Å². The van der Waals surface area contributed by atoms with Gasteiger partial charge in [-0.3, -0.25) is 0 Å². The van der Waals surface area contributed by atoms with E-state index in [1.807, 2.05) is 11.3 Å². The van der Waals surface area contributed by atoms with E-state index in [4.69, 9.17) is 0 Å². The first kappa shape index (κ1) is 15.3. The molecule has 0 aliphatic heterocycles. The Kier molecular flexibility index (Phi) is 5.18. The van der Waals surface area contributed by atoms with Crippen molar-refractivity contribution in [3.8, 4) is 0 Å². The number of rotatable bonds is 4. The summed E-state index contributed by atoms with van der Waals surface area (Å²) in [5.74, 6) is 0.801. The molecule has 1 unspecified atom stereocenters. The molecular weight excluding hydrogens is 340 g/mol. The van der Waals surface area contributed by atoms with E-state index in [1.54, 1.807) is 5.56 Å². The fraction of sp³-hybridized carbons (Fsp3) is 0.474. The summed E-state index contributed by atoms with van der Waals surface area (Å²) in [6, 6.07) is 13.9. The molecule has 1 fully saturated rings. The fourth-order valence-corrected chi connectivity index (χ4v) is 4.96. The lowest BCUT2D eigenvalue weighted by Crippen LogP contribution is -2.04. The van der Waals surface area contributed by atoms with Crippen LogP contribution in [-0.2, 0) is 6.42 Å². The highest BCUT2D eigenvalue weighted by Crippen LogP contribution is 2.37. The molecule has 3 rings (SSSR count). The quantitative estimate of drug-likeness (QED) is 0.522. The molecule has 2 aromatic rings. The van der Waals surface area contributed by atoms with Gasteiger partial charge in [0.05, 0.1) is 4.83 Å². The van der Waals surface area contributed by atoms with E-state index in [0.717, 1.165) is 12.3 Å².